The van der Waals surface area contributed by atoms with E-state index in [2.05, 4.69) is 33.4 Å². The maximum Gasteiger partial charge on any atom is 2.00 e. The summed E-state index contributed by atoms with van der Waals surface area (Å²) in [4.78, 5) is 0. The molecule has 19 heteroatoms. The Bertz CT molecular complexity index is 2870. The van der Waals surface area contributed by atoms with Crippen molar-refractivity contribution in [1.29, 1.82) is 0 Å². The quantitative estimate of drug-likeness (QED) is 0.0261. The fourth-order valence-corrected chi connectivity index (χ4v) is 22.6. The molecule has 8 aliphatic carbocycles. The van der Waals surface area contributed by atoms with Gasteiger partial charge in [-0.15, -0.1) is 45.8 Å². The molecular weight excluding hydrogens is 1770 g/mol. The zero-order chi connectivity index (χ0) is 89.0. The van der Waals surface area contributed by atoms with Crippen LogP contribution in [0.3, 0.4) is 0 Å². The molecule has 11 fully saturated rings. The first-order valence-corrected chi connectivity index (χ1v) is 51.9. The Morgan fingerprint density at radius 2 is 0.419 bits per heavy atom. The topological polar surface area (TPSA) is 299 Å². The third-order valence-corrected chi connectivity index (χ3v) is 31.0. The van der Waals surface area contributed by atoms with Crippen LogP contribution in [0.4, 0.5) is 0 Å². The van der Waals surface area contributed by atoms with Gasteiger partial charge in [-0.05, 0) is 216 Å². The second-order valence-corrected chi connectivity index (χ2v) is 40.2. The number of aliphatic hydroxyl groups is 12. The van der Waals surface area contributed by atoms with Crippen molar-refractivity contribution < 1.29 is 120 Å². The molecule has 12 atom stereocenters. The van der Waals surface area contributed by atoms with Gasteiger partial charge in [0.25, 0.3) is 0 Å². The zero-order valence-corrected chi connectivity index (χ0v) is 89.0. The monoisotopic (exact) mass is 1940 g/mol. The van der Waals surface area contributed by atoms with Crippen LogP contribution in [-0.2, 0) is 58.4 Å². The van der Waals surface area contributed by atoms with Crippen molar-refractivity contribution in [3.63, 3.8) is 0 Å². The number of hydrogen-bond donors (Lipinski definition) is 12. The molecule has 16 rings (SSSR count). The van der Waals surface area contributed by atoms with E-state index in [1.807, 2.05) is 128 Å². The van der Waals surface area contributed by atoms with Gasteiger partial charge in [-0.1, -0.05) is 332 Å². The van der Waals surface area contributed by atoms with Crippen LogP contribution in [0, 0.1) is 65.1 Å². The molecule has 8 saturated carbocycles. The molecule has 0 aromatic heterocycles. The summed E-state index contributed by atoms with van der Waals surface area (Å²) in [6, 6.07) is 37.6. The van der Waals surface area contributed by atoms with E-state index in [9.17, 15) is 61.3 Å². The van der Waals surface area contributed by atoms with E-state index in [4.69, 9.17) is 0 Å². The fourth-order valence-electron chi connectivity index (χ4n) is 22.6. The Labute approximate surface area is 820 Å². The van der Waals surface area contributed by atoms with Crippen LogP contribution < -0.4 is 0 Å². The summed E-state index contributed by atoms with van der Waals surface area (Å²) in [5, 5.41) is 139. The number of rotatable bonds is 26. The van der Waals surface area contributed by atoms with Crippen molar-refractivity contribution in [2.45, 2.75) is 407 Å². The van der Waals surface area contributed by atoms with Crippen LogP contribution in [0.1, 0.15) is 381 Å². The van der Waals surface area contributed by atoms with Gasteiger partial charge >= 0.3 is 19.5 Å². The second kappa shape index (κ2) is 69.3. The predicted molar refractivity (Wildman–Crippen MR) is 517 cm³/mol. The Balaban J connectivity index is 0.000000227. The maximum absolute atomic E-state index is 10.2. The van der Waals surface area contributed by atoms with Crippen LogP contribution in [0.2, 0.25) is 0 Å². The average Bonchev–Trinajstić information content (AvgIpc) is 0.828. The normalized spacial score (nSPS) is 23.5. The van der Waals surface area contributed by atoms with Crippen LogP contribution in [0.5, 0.6) is 0 Å². The van der Waals surface area contributed by atoms with Crippen molar-refractivity contribution in [3.05, 3.63) is 189 Å². The summed E-state index contributed by atoms with van der Waals surface area (Å²) in [6.07, 6.45) is 62.2. The number of piperidine rings is 3. The van der Waals surface area contributed by atoms with Gasteiger partial charge in [-0.25, -0.2) is 0 Å². The first-order chi connectivity index (χ1) is 61.6. The average molecular weight is 1940 g/mol. The summed E-state index contributed by atoms with van der Waals surface area (Å²) in [7, 11) is 0. The smallest absolute Gasteiger partial charge is 0.687 e. The van der Waals surface area contributed by atoms with E-state index < -0.39 is 24.4 Å². The molecule has 0 amide bonds. The minimum absolute atomic E-state index is 0. The van der Waals surface area contributed by atoms with E-state index in [0.717, 1.165) is 85.8 Å². The Kier molecular flexibility index (Phi) is 61.8. The fraction of sp³-hybridized carbons (Fsp3) is 0.745. The molecule has 716 valence electrons. The van der Waals surface area contributed by atoms with E-state index in [0.29, 0.717) is 85.9 Å². The molecular formula is C110H176N4O12Zn3-2. The van der Waals surface area contributed by atoms with Crippen molar-refractivity contribution in [2.24, 2.45) is 65.1 Å². The van der Waals surface area contributed by atoms with E-state index >= 15 is 0 Å². The van der Waals surface area contributed by atoms with E-state index in [-0.39, 0.29) is 107 Å². The summed E-state index contributed by atoms with van der Waals surface area (Å²) in [6.45, 7) is 7.46. The first kappa shape index (κ1) is 115. The van der Waals surface area contributed by atoms with Crippen LogP contribution in [0.15, 0.2) is 145 Å². The van der Waals surface area contributed by atoms with Gasteiger partial charge in [-0.3, -0.25) is 0 Å². The summed E-state index contributed by atoms with van der Waals surface area (Å²) >= 11 is 0. The Morgan fingerprint density at radius 1 is 0.233 bits per heavy atom. The predicted octanol–water partition coefficient (Wildman–Crippen LogP) is 23.9. The molecule has 12 unspecified atom stereocenters. The number of hydrogen-bond acceptors (Lipinski definition) is 12. The standard InChI is InChI=1S/4C15H28O2.2C15H16O2.C10H18N2.C10H14N2.3Zn/c6*16-14(12-7-3-1-4-8-12)11-15(17)13-9-5-2-6-10-13;2*1-5-11-6-2-9(1)10-3-7-12-8-4-10;;;/h4*12-17H,1-11H2;2*1-10,14-17H,11H2;9-10H,1-8H2;1-2,5,10H,3-4,6-8H2;;;/q;;;;;;2*-2;;;+2. The maximum atomic E-state index is 10.2. The van der Waals surface area contributed by atoms with Gasteiger partial charge in [0.2, 0.25) is 0 Å². The number of allylic oxidation sites excluding steroid dienone is 2. The molecule has 4 heterocycles. The number of aliphatic hydroxyl groups excluding tert-OH is 12. The number of benzene rings is 4. The molecule has 12 aliphatic rings. The van der Waals surface area contributed by atoms with E-state index in [1.165, 1.54) is 301 Å². The number of nitrogens with zero attached hydrogens (tertiary/aromatic N) is 4. The molecule has 4 aliphatic heterocycles. The van der Waals surface area contributed by atoms with Crippen LogP contribution in [0.25, 0.3) is 21.3 Å². The summed E-state index contributed by atoms with van der Waals surface area (Å²) in [5.74, 6) is 6.41. The molecule has 4 aromatic rings. The van der Waals surface area contributed by atoms with Gasteiger partial charge in [0.05, 0.1) is 73.2 Å². The second-order valence-electron chi connectivity index (χ2n) is 40.2. The SMILES string of the molecule is C1=CC(C2CC[N-]CC2)=CC[N-]1.C1CC(C2CC[N-]CC2)CC[N-]1.OC(CC(O)C1CCCCC1)C1CCCCC1.OC(CC(O)C1CCCCC1)C1CCCCC1.OC(CC(O)C1CCCCC1)C1CCCCC1.OC(CC(O)C1CCCCC1)C1CCCCC1.OC(CC(O)c1ccccc1)c1ccccc1.OC(CC(O)c1ccccc1)c1ccccc1.[Zn+2].[Zn].[Zn]. The van der Waals surface area contributed by atoms with Gasteiger partial charge < -0.3 is 82.5 Å². The van der Waals surface area contributed by atoms with Gasteiger partial charge in [0.15, 0.2) is 0 Å². The van der Waals surface area contributed by atoms with Gasteiger partial charge in [-0.2, -0.15) is 6.20 Å². The Morgan fingerprint density at radius 3 is 0.597 bits per heavy atom. The van der Waals surface area contributed by atoms with Gasteiger partial charge in [0, 0.05) is 51.8 Å². The molecule has 16 nitrogen and oxygen atoms in total. The first-order valence-electron chi connectivity index (χ1n) is 51.9. The third-order valence-electron chi connectivity index (χ3n) is 31.0. The minimum Gasteiger partial charge on any atom is -0.687 e. The van der Waals surface area contributed by atoms with E-state index in [1.54, 1.807) is 0 Å². The minimum atomic E-state index is -0.633. The molecule has 0 bridgehead atoms. The third kappa shape index (κ3) is 45.3. The van der Waals surface area contributed by atoms with Crippen molar-refractivity contribution in [2.75, 3.05) is 45.8 Å². The van der Waals surface area contributed by atoms with Crippen molar-refractivity contribution in [1.82, 2.24) is 0 Å². The summed E-state index contributed by atoms with van der Waals surface area (Å²) in [5.41, 5.74) is 4.83. The largest absolute Gasteiger partial charge is 2.00 e. The van der Waals surface area contributed by atoms with Crippen LogP contribution in [-0.4, -0.2) is 156 Å². The molecule has 0 radical (unpaired) electrons. The molecule has 3 saturated heterocycles. The van der Waals surface area contributed by atoms with Crippen molar-refractivity contribution in [3.8, 4) is 0 Å². The summed E-state index contributed by atoms with van der Waals surface area (Å²) < 4.78 is 0. The molecule has 0 spiro atoms. The van der Waals surface area contributed by atoms with Crippen LogP contribution >= 0.6 is 0 Å². The molecule has 12 N–H and O–H groups in total. The molecule has 4 aromatic carbocycles. The van der Waals surface area contributed by atoms with Gasteiger partial charge in [0.1, 0.15) is 0 Å². The molecule has 129 heavy (non-hydrogen) atoms. The van der Waals surface area contributed by atoms with Crippen molar-refractivity contribution >= 4 is 0 Å². The zero-order valence-electron chi connectivity index (χ0n) is 80.1. The Hall–Kier alpha value is -2.57.